The zero-order valence-corrected chi connectivity index (χ0v) is 18.2. The van der Waals surface area contributed by atoms with Crippen LogP contribution in [-0.2, 0) is 24.8 Å². The Labute approximate surface area is 167 Å². The Morgan fingerprint density at radius 1 is 1.18 bits per heavy atom. The molecule has 0 spiro atoms. The van der Waals surface area contributed by atoms with Crippen molar-refractivity contribution in [1.29, 1.82) is 0 Å². The summed E-state index contributed by atoms with van der Waals surface area (Å²) in [5.74, 6) is -0.301. The normalized spacial score (nSPS) is 16.7. The number of benzene rings is 1. The van der Waals surface area contributed by atoms with Crippen molar-refractivity contribution in [3.63, 3.8) is 0 Å². The molecule has 2 N–H and O–H groups in total. The minimum Gasteiger partial charge on any atom is -0.326 e. The Bertz CT molecular complexity index is 905. The summed E-state index contributed by atoms with van der Waals surface area (Å²) in [6, 6.07) is 5.02. The Hall–Kier alpha value is -1.65. The van der Waals surface area contributed by atoms with E-state index in [2.05, 4.69) is 10.0 Å². The Kier molecular flexibility index (Phi) is 7.46. The monoisotopic (exact) mass is 431 g/mol. The van der Waals surface area contributed by atoms with E-state index in [1.165, 1.54) is 4.31 Å². The first-order chi connectivity index (χ1) is 13.0. The molecule has 158 valence electrons. The van der Waals surface area contributed by atoms with Crippen molar-refractivity contribution in [3.05, 3.63) is 23.8 Å². The molecule has 0 bridgehead atoms. The number of hydrogen-bond donors (Lipinski definition) is 2. The third-order valence-electron chi connectivity index (χ3n) is 4.77. The van der Waals surface area contributed by atoms with Crippen molar-refractivity contribution >= 4 is 37.3 Å². The Balaban J connectivity index is 1.97. The molecule has 0 atom stereocenters. The molecule has 1 amide bonds. The number of rotatable bonds is 8. The molecule has 1 saturated heterocycles. The fraction of sp³-hybridized carbons (Fsp3) is 0.611. The number of nitrogens with zero attached hydrogens (tertiary/aromatic N) is 1. The highest BCUT2D eigenvalue weighted by Gasteiger charge is 2.30. The molecule has 0 unspecified atom stereocenters. The molecule has 0 aromatic heterocycles. The van der Waals surface area contributed by atoms with E-state index in [-0.39, 0.29) is 17.6 Å². The third kappa shape index (κ3) is 6.46. The number of nitrogens with one attached hydrogen (secondary N) is 2. The molecular formula is C18H29N3O5S2. The highest BCUT2D eigenvalue weighted by atomic mass is 32.2. The van der Waals surface area contributed by atoms with Crippen LogP contribution < -0.4 is 10.0 Å². The molecule has 2 rings (SSSR count). The molecule has 28 heavy (non-hydrogen) atoms. The maximum absolute atomic E-state index is 12.6. The van der Waals surface area contributed by atoms with Crippen molar-refractivity contribution in [3.8, 4) is 0 Å². The lowest BCUT2D eigenvalue weighted by Gasteiger charge is -2.30. The van der Waals surface area contributed by atoms with Gasteiger partial charge in [-0.2, -0.15) is 0 Å². The Morgan fingerprint density at radius 2 is 1.82 bits per heavy atom. The van der Waals surface area contributed by atoms with E-state index in [4.69, 9.17) is 0 Å². The number of hydrogen-bond acceptors (Lipinski definition) is 5. The number of anilines is 2. The van der Waals surface area contributed by atoms with Gasteiger partial charge in [-0.1, -0.05) is 19.4 Å². The minimum absolute atomic E-state index is 0.153. The maximum atomic E-state index is 12.6. The van der Waals surface area contributed by atoms with Crippen molar-refractivity contribution in [2.45, 2.75) is 39.5 Å². The predicted octanol–water partition coefficient (Wildman–Crippen LogP) is 2.15. The van der Waals surface area contributed by atoms with Gasteiger partial charge >= 0.3 is 0 Å². The van der Waals surface area contributed by atoms with Crippen molar-refractivity contribution in [2.24, 2.45) is 5.92 Å². The van der Waals surface area contributed by atoms with E-state index in [1.54, 1.807) is 25.1 Å². The van der Waals surface area contributed by atoms with Crippen LogP contribution in [0.2, 0.25) is 0 Å². The average molecular weight is 432 g/mol. The molecule has 0 aliphatic carbocycles. The SMILES string of the molecule is CCCCS(=O)(=O)N1CCC(C(=O)Nc2ccc(C)c(NS(C)(=O)=O)c2)CC1. The van der Waals surface area contributed by atoms with Gasteiger partial charge in [0.05, 0.1) is 17.7 Å². The lowest BCUT2D eigenvalue weighted by atomic mass is 9.97. The Morgan fingerprint density at radius 3 is 2.39 bits per heavy atom. The third-order valence-corrected chi connectivity index (χ3v) is 7.32. The maximum Gasteiger partial charge on any atom is 0.229 e. The largest absolute Gasteiger partial charge is 0.326 e. The van der Waals surface area contributed by atoms with Crippen LogP contribution in [0.25, 0.3) is 0 Å². The van der Waals surface area contributed by atoms with E-state index in [9.17, 15) is 21.6 Å². The van der Waals surface area contributed by atoms with Gasteiger partial charge in [-0.25, -0.2) is 21.1 Å². The van der Waals surface area contributed by atoms with Crippen molar-refractivity contribution in [2.75, 3.05) is 35.1 Å². The second-order valence-corrected chi connectivity index (χ2v) is 11.1. The number of sulfonamides is 2. The summed E-state index contributed by atoms with van der Waals surface area (Å²) in [6.45, 7) is 4.42. The standard InChI is InChI=1S/C18H29N3O5S2/c1-4-5-12-28(25,26)21-10-8-15(9-11-21)18(22)19-16-7-6-14(2)17(13-16)20-27(3,23)24/h6-7,13,15,20H,4-5,8-12H2,1-3H3,(H,19,22). The highest BCUT2D eigenvalue weighted by molar-refractivity contribution is 7.92. The first kappa shape index (κ1) is 22.6. The smallest absolute Gasteiger partial charge is 0.229 e. The van der Waals surface area contributed by atoms with E-state index in [1.807, 2.05) is 6.92 Å². The fourth-order valence-corrected chi connectivity index (χ4v) is 5.40. The summed E-state index contributed by atoms with van der Waals surface area (Å²) in [5, 5.41) is 2.81. The second kappa shape index (κ2) is 9.23. The molecule has 1 aliphatic rings. The minimum atomic E-state index is -3.42. The summed E-state index contributed by atoms with van der Waals surface area (Å²) in [5.41, 5.74) is 1.66. The summed E-state index contributed by atoms with van der Waals surface area (Å²) in [6.07, 6.45) is 3.47. The van der Waals surface area contributed by atoms with Gasteiger partial charge in [-0.15, -0.1) is 0 Å². The molecule has 1 aliphatic heterocycles. The van der Waals surface area contributed by atoms with Crippen LogP contribution >= 0.6 is 0 Å². The summed E-state index contributed by atoms with van der Waals surface area (Å²) < 4.78 is 51.4. The van der Waals surface area contributed by atoms with E-state index in [0.717, 1.165) is 18.2 Å². The zero-order chi connectivity index (χ0) is 20.9. The topological polar surface area (TPSA) is 113 Å². The quantitative estimate of drug-likeness (QED) is 0.655. The van der Waals surface area contributed by atoms with Crippen LogP contribution in [0.5, 0.6) is 0 Å². The summed E-state index contributed by atoms with van der Waals surface area (Å²) in [7, 11) is -6.66. The van der Waals surface area contributed by atoms with E-state index < -0.39 is 20.0 Å². The molecule has 0 saturated carbocycles. The van der Waals surface area contributed by atoms with Gasteiger partial charge in [0, 0.05) is 24.7 Å². The van der Waals surface area contributed by atoms with Gasteiger partial charge in [0.2, 0.25) is 26.0 Å². The van der Waals surface area contributed by atoms with Gasteiger partial charge in [0.1, 0.15) is 0 Å². The van der Waals surface area contributed by atoms with Gasteiger partial charge in [-0.3, -0.25) is 9.52 Å². The average Bonchev–Trinajstić information content (AvgIpc) is 2.62. The number of aryl methyl sites for hydroxylation is 1. The molecule has 1 aromatic rings. The first-order valence-corrected chi connectivity index (χ1v) is 12.9. The number of unbranched alkanes of at least 4 members (excludes halogenated alkanes) is 1. The van der Waals surface area contributed by atoms with E-state index >= 15 is 0 Å². The summed E-state index contributed by atoms with van der Waals surface area (Å²) >= 11 is 0. The molecule has 1 fully saturated rings. The van der Waals surface area contributed by atoms with Crippen LogP contribution in [0, 0.1) is 12.8 Å². The fourth-order valence-electron chi connectivity index (χ4n) is 3.11. The molecule has 1 aromatic carbocycles. The number of carbonyl (C=O) groups excluding carboxylic acids is 1. The van der Waals surface area contributed by atoms with Crippen LogP contribution in [0.4, 0.5) is 11.4 Å². The number of carbonyl (C=O) groups is 1. The molecule has 10 heteroatoms. The van der Waals surface area contributed by atoms with Crippen LogP contribution in [0.1, 0.15) is 38.2 Å². The number of amides is 1. The zero-order valence-electron chi connectivity index (χ0n) is 16.6. The van der Waals surface area contributed by atoms with Crippen LogP contribution in [0.3, 0.4) is 0 Å². The van der Waals surface area contributed by atoms with Crippen LogP contribution in [0.15, 0.2) is 18.2 Å². The molecular weight excluding hydrogens is 402 g/mol. The lowest BCUT2D eigenvalue weighted by Crippen LogP contribution is -2.42. The van der Waals surface area contributed by atoms with Gasteiger partial charge in [0.15, 0.2) is 0 Å². The lowest BCUT2D eigenvalue weighted by molar-refractivity contribution is -0.120. The van der Waals surface area contributed by atoms with Crippen molar-refractivity contribution in [1.82, 2.24) is 4.31 Å². The summed E-state index contributed by atoms with van der Waals surface area (Å²) in [4.78, 5) is 12.6. The van der Waals surface area contributed by atoms with Gasteiger partial charge in [0.25, 0.3) is 0 Å². The van der Waals surface area contributed by atoms with E-state index in [0.29, 0.717) is 43.7 Å². The van der Waals surface area contributed by atoms with Crippen molar-refractivity contribution < 1.29 is 21.6 Å². The molecule has 1 heterocycles. The highest BCUT2D eigenvalue weighted by Crippen LogP contribution is 2.25. The van der Waals surface area contributed by atoms with Gasteiger partial charge < -0.3 is 5.32 Å². The number of piperidine rings is 1. The second-order valence-electron chi connectivity index (χ2n) is 7.24. The first-order valence-electron chi connectivity index (χ1n) is 9.39. The molecule has 8 nitrogen and oxygen atoms in total. The molecule has 0 radical (unpaired) electrons. The van der Waals surface area contributed by atoms with Gasteiger partial charge in [-0.05, 0) is 43.9 Å². The van der Waals surface area contributed by atoms with Crippen LogP contribution in [-0.4, -0.2) is 52.1 Å². The predicted molar refractivity (Wildman–Crippen MR) is 111 cm³/mol.